The molecule has 0 saturated carbocycles. The third-order valence-electron chi connectivity index (χ3n) is 4.98. The van der Waals surface area contributed by atoms with Crippen molar-refractivity contribution in [2.75, 3.05) is 7.11 Å². The van der Waals surface area contributed by atoms with Crippen molar-refractivity contribution in [3.63, 3.8) is 0 Å². The number of benzene rings is 2. The van der Waals surface area contributed by atoms with Crippen molar-refractivity contribution in [2.45, 2.75) is 43.5 Å². The standard InChI is InChI=1S/C20H22O9/c1-9(10-3-4-12-8-13(27-2)6-5-11(12)7-10)19(25)29-17-15(22)14(21)16(18(23)24)28-20(17)26/h3-9,14-17,20-22,26H,1-2H3,(H,23,24)/t9-,14-,15-,16-,17+,20?/m0/s1. The van der Waals surface area contributed by atoms with Crippen LogP contribution in [0.25, 0.3) is 10.8 Å². The van der Waals surface area contributed by atoms with E-state index in [-0.39, 0.29) is 0 Å². The Morgan fingerprint density at radius 2 is 1.69 bits per heavy atom. The van der Waals surface area contributed by atoms with Crippen LogP contribution in [0.4, 0.5) is 0 Å². The molecule has 0 aliphatic carbocycles. The molecule has 1 heterocycles. The Morgan fingerprint density at radius 1 is 1.03 bits per heavy atom. The predicted molar refractivity (Wildman–Crippen MR) is 99.3 cm³/mol. The van der Waals surface area contributed by atoms with E-state index in [1.54, 1.807) is 32.2 Å². The average Bonchev–Trinajstić information content (AvgIpc) is 2.71. The summed E-state index contributed by atoms with van der Waals surface area (Å²) in [7, 11) is 1.57. The second kappa shape index (κ2) is 8.34. The summed E-state index contributed by atoms with van der Waals surface area (Å²) in [5.41, 5.74) is 0.636. The van der Waals surface area contributed by atoms with E-state index in [9.17, 15) is 24.9 Å². The normalized spacial score (nSPS) is 28.0. The number of ether oxygens (including phenoxy) is 3. The van der Waals surface area contributed by atoms with Gasteiger partial charge in [0.05, 0.1) is 13.0 Å². The molecule has 4 N–H and O–H groups in total. The van der Waals surface area contributed by atoms with Crippen LogP contribution in [0.1, 0.15) is 18.4 Å². The fourth-order valence-electron chi connectivity index (χ4n) is 3.19. The van der Waals surface area contributed by atoms with Crippen LogP contribution < -0.4 is 4.74 Å². The highest BCUT2D eigenvalue weighted by Crippen LogP contribution is 2.28. The fourth-order valence-corrected chi connectivity index (χ4v) is 3.19. The van der Waals surface area contributed by atoms with Gasteiger partial charge in [-0.1, -0.05) is 24.3 Å². The minimum Gasteiger partial charge on any atom is -0.497 e. The molecule has 0 aromatic heterocycles. The number of hydrogen-bond acceptors (Lipinski definition) is 8. The highest BCUT2D eigenvalue weighted by atomic mass is 16.7. The van der Waals surface area contributed by atoms with E-state index >= 15 is 0 Å². The molecule has 2 aromatic carbocycles. The summed E-state index contributed by atoms with van der Waals surface area (Å²) in [4.78, 5) is 23.5. The number of carboxylic acids is 1. The third-order valence-corrected chi connectivity index (χ3v) is 4.98. The lowest BCUT2D eigenvalue weighted by Gasteiger charge is -2.38. The van der Waals surface area contributed by atoms with Crippen LogP contribution in [0.2, 0.25) is 0 Å². The van der Waals surface area contributed by atoms with Gasteiger partial charge in [-0.05, 0) is 35.4 Å². The van der Waals surface area contributed by atoms with Crippen LogP contribution in [0, 0.1) is 0 Å². The first-order chi connectivity index (χ1) is 13.7. The van der Waals surface area contributed by atoms with E-state index < -0.39 is 48.6 Å². The summed E-state index contributed by atoms with van der Waals surface area (Å²) < 4.78 is 15.1. The SMILES string of the molecule is COc1ccc2cc([C@H](C)C(=O)O[C@H]3C(O)O[C@H](C(=O)O)[C@@H](O)[C@@H]3O)ccc2c1. The summed E-state index contributed by atoms with van der Waals surface area (Å²) in [6.07, 6.45) is -9.03. The van der Waals surface area contributed by atoms with Gasteiger partial charge in [0.15, 0.2) is 18.5 Å². The number of aliphatic hydroxyl groups is 3. The predicted octanol–water partition coefficient (Wildman–Crippen LogP) is 0.387. The van der Waals surface area contributed by atoms with Gasteiger partial charge < -0.3 is 34.6 Å². The van der Waals surface area contributed by atoms with Crippen molar-refractivity contribution in [1.82, 2.24) is 0 Å². The van der Waals surface area contributed by atoms with Crippen LogP contribution >= 0.6 is 0 Å². The average molecular weight is 406 g/mol. The van der Waals surface area contributed by atoms with Gasteiger partial charge in [-0.3, -0.25) is 4.79 Å². The van der Waals surface area contributed by atoms with Gasteiger partial charge in [-0.15, -0.1) is 0 Å². The van der Waals surface area contributed by atoms with Crippen molar-refractivity contribution < 1.29 is 44.2 Å². The zero-order chi connectivity index (χ0) is 21.3. The molecule has 1 aliphatic heterocycles. The van der Waals surface area contributed by atoms with Crippen molar-refractivity contribution in [3.8, 4) is 5.75 Å². The molecule has 3 rings (SSSR count). The Balaban J connectivity index is 1.75. The number of hydrogen-bond donors (Lipinski definition) is 4. The van der Waals surface area contributed by atoms with Gasteiger partial charge in [0.1, 0.15) is 18.0 Å². The molecule has 156 valence electrons. The second-order valence-corrected chi connectivity index (χ2v) is 6.86. The highest BCUT2D eigenvalue weighted by molar-refractivity contribution is 5.87. The molecular formula is C20H22O9. The Bertz CT molecular complexity index is 912. The van der Waals surface area contributed by atoms with Crippen molar-refractivity contribution in [2.24, 2.45) is 0 Å². The van der Waals surface area contributed by atoms with Gasteiger partial charge in [0.25, 0.3) is 0 Å². The maximum Gasteiger partial charge on any atom is 0.335 e. The quantitative estimate of drug-likeness (QED) is 0.518. The third kappa shape index (κ3) is 4.18. The lowest BCUT2D eigenvalue weighted by atomic mass is 9.96. The largest absolute Gasteiger partial charge is 0.497 e. The smallest absolute Gasteiger partial charge is 0.335 e. The molecule has 1 aliphatic rings. The zero-order valence-electron chi connectivity index (χ0n) is 15.8. The number of fused-ring (bicyclic) bond motifs is 1. The number of rotatable bonds is 5. The van der Waals surface area contributed by atoms with Crippen molar-refractivity contribution in [1.29, 1.82) is 0 Å². The Labute approximate surface area is 166 Å². The number of esters is 1. The molecule has 1 fully saturated rings. The summed E-state index contributed by atoms with van der Waals surface area (Å²) in [6, 6.07) is 10.9. The lowest BCUT2D eigenvalue weighted by Crippen LogP contribution is -2.61. The van der Waals surface area contributed by atoms with E-state index in [0.29, 0.717) is 11.3 Å². The van der Waals surface area contributed by atoms with E-state index in [0.717, 1.165) is 10.8 Å². The van der Waals surface area contributed by atoms with Crippen molar-refractivity contribution >= 4 is 22.7 Å². The van der Waals surface area contributed by atoms with Gasteiger partial charge in [0, 0.05) is 0 Å². The Morgan fingerprint density at radius 3 is 2.34 bits per heavy atom. The van der Waals surface area contributed by atoms with Gasteiger partial charge in [0.2, 0.25) is 0 Å². The zero-order valence-corrected chi connectivity index (χ0v) is 15.8. The number of aliphatic hydroxyl groups excluding tert-OH is 3. The lowest BCUT2D eigenvalue weighted by molar-refractivity contribution is -0.284. The van der Waals surface area contributed by atoms with E-state index in [4.69, 9.17) is 19.3 Å². The molecule has 0 bridgehead atoms. The van der Waals surface area contributed by atoms with Crippen LogP contribution in [-0.2, 0) is 19.1 Å². The van der Waals surface area contributed by atoms with Crippen molar-refractivity contribution in [3.05, 3.63) is 42.0 Å². The topological polar surface area (TPSA) is 143 Å². The maximum absolute atomic E-state index is 12.5. The van der Waals surface area contributed by atoms with Gasteiger partial charge >= 0.3 is 11.9 Å². The van der Waals surface area contributed by atoms with Crippen LogP contribution in [0.3, 0.4) is 0 Å². The van der Waals surface area contributed by atoms with E-state index in [1.807, 2.05) is 18.2 Å². The Hall–Kier alpha value is -2.72. The summed E-state index contributed by atoms with van der Waals surface area (Å²) in [5, 5.41) is 40.6. The molecule has 2 aromatic rings. The van der Waals surface area contributed by atoms with Crippen LogP contribution in [-0.4, -0.2) is 70.2 Å². The minimum atomic E-state index is -1.89. The molecule has 0 radical (unpaired) electrons. The van der Waals surface area contributed by atoms with E-state index in [1.165, 1.54) is 0 Å². The first-order valence-corrected chi connectivity index (χ1v) is 8.93. The monoisotopic (exact) mass is 406 g/mol. The maximum atomic E-state index is 12.5. The first kappa shape index (κ1) is 21.0. The summed E-state index contributed by atoms with van der Waals surface area (Å²) >= 11 is 0. The minimum absolute atomic E-state index is 0.636. The molecule has 1 saturated heterocycles. The fraction of sp³-hybridized carbons (Fsp3) is 0.400. The summed E-state index contributed by atoms with van der Waals surface area (Å²) in [6.45, 7) is 1.59. The summed E-state index contributed by atoms with van der Waals surface area (Å²) in [5.74, 6) is -2.38. The highest BCUT2D eigenvalue weighted by Gasteiger charge is 2.49. The van der Waals surface area contributed by atoms with Crippen LogP contribution in [0.15, 0.2) is 36.4 Å². The first-order valence-electron chi connectivity index (χ1n) is 8.93. The number of methoxy groups -OCH3 is 1. The molecule has 0 spiro atoms. The molecule has 29 heavy (non-hydrogen) atoms. The molecule has 0 amide bonds. The molecule has 9 nitrogen and oxygen atoms in total. The van der Waals surface area contributed by atoms with Gasteiger partial charge in [-0.2, -0.15) is 0 Å². The molecule has 9 heteroatoms. The van der Waals surface area contributed by atoms with E-state index in [2.05, 4.69) is 0 Å². The number of carboxylic acid groups (broad SMARTS) is 1. The van der Waals surface area contributed by atoms with Crippen LogP contribution in [0.5, 0.6) is 5.75 Å². The Kier molecular flexibility index (Phi) is 6.04. The molecular weight excluding hydrogens is 384 g/mol. The number of carbonyl (C=O) groups excluding carboxylic acids is 1. The number of aliphatic carboxylic acids is 1. The van der Waals surface area contributed by atoms with Gasteiger partial charge in [-0.25, -0.2) is 4.79 Å². The second-order valence-electron chi connectivity index (χ2n) is 6.86. The molecule has 6 atom stereocenters. The number of carbonyl (C=O) groups is 2. The molecule has 1 unspecified atom stereocenters.